The summed E-state index contributed by atoms with van der Waals surface area (Å²) in [6, 6.07) is 10.5. The Morgan fingerprint density at radius 3 is 2.68 bits per heavy atom. The zero-order valence-electron chi connectivity index (χ0n) is 12.0. The normalized spacial score (nSPS) is 26.3. The van der Waals surface area contributed by atoms with Crippen LogP contribution in [0.25, 0.3) is 11.3 Å². The molecule has 2 N–H and O–H groups in total. The topological polar surface area (TPSA) is 54.3 Å². The van der Waals surface area contributed by atoms with E-state index in [9.17, 15) is 9.18 Å². The van der Waals surface area contributed by atoms with Crippen LogP contribution in [-0.2, 0) is 0 Å². The van der Waals surface area contributed by atoms with Crippen molar-refractivity contribution in [1.29, 1.82) is 0 Å². The summed E-state index contributed by atoms with van der Waals surface area (Å²) in [7, 11) is 0. The van der Waals surface area contributed by atoms with Crippen LogP contribution in [0.5, 0.6) is 0 Å². The largest absolute Gasteiger partial charge is 0.451 e. The highest BCUT2D eigenvalue weighted by atomic mass is 19.1. The quantitative estimate of drug-likeness (QED) is 0.916. The van der Waals surface area contributed by atoms with Crippen LogP contribution in [0.15, 0.2) is 40.8 Å². The van der Waals surface area contributed by atoms with E-state index in [2.05, 4.69) is 10.6 Å². The van der Waals surface area contributed by atoms with Gasteiger partial charge in [-0.25, -0.2) is 4.39 Å². The Hall–Kier alpha value is -2.14. The van der Waals surface area contributed by atoms with Gasteiger partial charge in [0.2, 0.25) is 0 Å². The monoisotopic (exact) mass is 300 g/mol. The number of rotatable bonds is 3. The minimum Gasteiger partial charge on any atom is -0.451 e. The molecule has 4 nitrogen and oxygen atoms in total. The molecule has 0 saturated carbocycles. The van der Waals surface area contributed by atoms with Crippen molar-refractivity contribution in [2.45, 2.75) is 37.4 Å². The van der Waals surface area contributed by atoms with Gasteiger partial charge in [-0.15, -0.1) is 0 Å². The maximum Gasteiger partial charge on any atom is 0.287 e. The molecule has 2 aromatic rings. The Morgan fingerprint density at radius 2 is 2.00 bits per heavy atom. The van der Waals surface area contributed by atoms with Gasteiger partial charge in [0, 0.05) is 23.7 Å². The molecule has 2 aliphatic heterocycles. The summed E-state index contributed by atoms with van der Waals surface area (Å²) in [4.78, 5) is 12.3. The lowest BCUT2D eigenvalue weighted by Crippen LogP contribution is -2.42. The summed E-state index contributed by atoms with van der Waals surface area (Å²) in [5.41, 5.74) is 0.752. The van der Waals surface area contributed by atoms with E-state index in [1.807, 2.05) is 0 Å². The molecule has 2 bridgehead atoms. The highest BCUT2D eigenvalue weighted by Crippen LogP contribution is 2.29. The van der Waals surface area contributed by atoms with E-state index in [-0.39, 0.29) is 17.8 Å². The lowest BCUT2D eigenvalue weighted by Gasteiger charge is -2.20. The van der Waals surface area contributed by atoms with Crippen LogP contribution in [0.2, 0.25) is 0 Å². The van der Waals surface area contributed by atoms with Crippen molar-refractivity contribution < 1.29 is 13.6 Å². The lowest BCUT2D eigenvalue weighted by atomic mass is 9.95. The Morgan fingerprint density at radius 1 is 1.18 bits per heavy atom. The number of carbonyl (C=O) groups is 1. The smallest absolute Gasteiger partial charge is 0.287 e. The second-order valence-corrected chi connectivity index (χ2v) is 6.03. The average molecular weight is 300 g/mol. The molecular weight excluding hydrogens is 283 g/mol. The van der Waals surface area contributed by atoms with E-state index in [0.29, 0.717) is 23.6 Å². The Balaban J connectivity index is 1.46. The third-order valence-electron chi connectivity index (χ3n) is 4.58. The second-order valence-electron chi connectivity index (χ2n) is 6.03. The second kappa shape index (κ2) is 5.25. The van der Waals surface area contributed by atoms with Crippen LogP contribution in [0.1, 0.15) is 29.8 Å². The lowest BCUT2D eigenvalue weighted by molar-refractivity contribution is 0.0903. The third-order valence-corrected chi connectivity index (χ3v) is 4.58. The predicted octanol–water partition coefficient (Wildman–Crippen LogP) is 2.71. The van der Waals surface area contributed by atoms with Gasteiger partial charge in [0.1, 0.15) is 11.6 Å². The van der Waals surface area contributed by atoms with Gasteiger partial charge in [-0.3, -0.25) is 4.79 Å². The van der Waals surface area contributed by atoms with Gasteiger partial charge >= 0.3 is 0 Å². The molecule has 3 unspecified atom stereocenters. The van der Waals surface area contributed by atoms with Crippen molar-refractivity contribution in [3.63, 3.8) is 0 Å². The highest BCUT2D eigenvalue weighted by Gasteiger charge is 2.39. The van der Waals surface area contributed by atoms with E-state index in [1.165, 1.54) is 18.6 Å². The molecule has 2 fully saturated rings. The maximum absolute atomic E-state index is 12.9. The molecule has 3 atom stereocenters. The molecule has 114 valence electrons. The average Bonchev–Trinajstić information content (AvgIpc) is 3.24. The van der Waals surface area contributed by atoms with Crippen molar-refractivity contribution in [3.8, 4) is 11.3 Å². The molecule has 2 saturated heterocycles. The van der Waals surface area contributed by atoms with Crippen molar-refractivity contribution in [3.05, 3.63) is 48.0 Å². The number of benzene rings is 1. The van der Waals surface area contributed by atoms with Gasteiger partial charge in [0.25, 0.3) is 5.91 Å². The Kier molecular flexibility index (Phi) is 3.22. The molecule has 1 amide bonds. The van der Waals surface area contributed by atoms with E-state index in [1.54, 1.807) is 24.3 Å². The molecule has 0 aliphatic carbocycles. The Labute approximate surface area is 127 Å². The third kappa shape index (κ3) is 2.41. The SMILES string of the molecule is O=C(NC1CC2CCC1N2)c1ccc(-c2ccc(F)cc2)o1. The standard InChI is InChI=1S/C17H17FN2O2/c18-11-3-1-10(2-4-11)15-7-8-16(22-15)17(21)20-14-9-12-5-6-13(14)19-12/h1-4,7-8,12-14,19H,5-6,9H2,(H,20,21). The van der Waals surface area contributed by atoms with Gasteiger partial charge in [0.05, 0.1) is 0 Å². The summed E-state index contributed by atoms with van der Waals surface area (Å²) < 4.78 is 18.5. The van der Waals surface area contributed by atoms with Gasteiger partial charge in [-0.2, -0.15) is 0 Å². The first kappa shape index (κ1) is 13.5. The van der Waals surface area contributed by atoms with E-state index in [0.717, 1.165) is 18.4 Å². The number of nitrogens with one attached hydrogen (secondary N) is 2. The van der Waals surface area contributed by atoms with E-state index < -0.39 is 0 Å². The molecule has 5 heteroatoms. The van der Waals surface area contributed by atoms with Crippen molar-refractivity contribution >= 4 is 5.91 Å². The summed E-state index contributed by atoms with van der Waals surface area (Å²) in [5.74, 6) is 0.378. The summed E-state index contributed by atoms with van der Waals surface area (Å²) in [6.45, 7) is 0. The van der Waals surface area contributed by atoms with E-state index >= 15 is 0 Å². The highest BCUT2D eigenvalue weighted by molar-refractivity contribution is 5.92. The number of halogens is 1. The van der Waals surface area contributed by atoms with Crippen molar-refractivity contribution in [1.82, 2.24) is 10.6 Å². The molecule has 0 radical (unpaired) electrons. The van der Waals surface area contributed by atoms with Gasteiger partial charge in [-0.05, 0) is 55.7 Å². The molecule has 3 heterocycles. The molecular formula is C17H17FN2O2. The fourth-order valence-electron chi connectivity index (χ4n) is 3.45. The number of carbonyl (C=O) groups excluding carboxylic acids is 1. The number of furan rings is 1. The summed E-state index contributed by atoms with van der Waals surface area (Å²) in [5, 5.41) is 6.54. The van der Waals surface area contributed by atoms with Crippen molar-refractivity contribution in [2.24, 2.45) is 0 Å². The Bertz CT molecular complexity index is 695. The molecule has 1 aromatic carbocycles. The number of hydrogen-bond donors (Lipinski definition) is 2. The van der Waals surface area contributed by atoms with E-state index in [4.69, 9.17) is 4.42 Å². The first-order valence-electron chi connectivity index (χ1n) is 7.62. The first-order chi connectivity index (χ1) is 10.7. The summed E-state index contributed by atoms with van der Waals surface area (Å²) in [6.07, 6.45) is 3.31. The predicted molar refractivity (Wildman–Crippen MR) is 79.9 cm³/mol. The molecule has 22 heavy (non-hydrogen) atoms. The maximum atomic E-state index is 12.9. The number of fused-ring (bicyclic) bond motifs is 2. The number of amides is 1. The zero-order valence-corrected chi connectivity index (χ0v) is 12.0. The zero-order chi connectivity index (χ0) is 15.1. The fraction of sp³-hybridized carbons (Fsp3) is 0.353. The van der Waals surface area contributed by atoms with Crippen LogP contribution in [0.3, 0.4) is 0 Å². The van der Waals surface area contributed by atoms with Crippen LogP contribution in [0, 0.1) is 5.82 Å². The van der Waals surface area contributed by atoms with Crippen LogP contribution in [0.4, 0.5) is 4.39 Å². The molecule has 0 spiro atoms. The molecule has 1 aromatic heterocycles. The van der Waals surface area contributed by atoms with Crippen LogP contribution >= 0.6 is 0 Å². The molecule has 4 rings (SSSR count). The van der Waals surface area contributed by atoms with Gasteiger partial charge < -0.3 is 15.1 Å². The fourth-order valence-corrected chi connectivity index (χ4v) is 3.45. The van der Waals surface area contributed by atoms with Crippen LogP contribution < -0.4 is 10.6 Å². The van der Waals surface area contributed by atoms with Crippen molar-refractivity contribution in [2.75, 3.05) is 0 Å². The molecule has 2 aliphatic rings. The summed E-state index contributed by atoms with van der Waals surface area (Å²) >= 11 is 0. The minimum absolute atomic E-state index is 0.186. The van der Waals surface area contributed by atoms with Crippen LogP contribution in [-0.4, -0.2) is 24.0 Å². The first-order valence-corrected chi connectivity index (χ1v) is 7.62. The number of hydrogen-bond acceptors (Lipinski definition) is 3. The van der Waals surface area contributed by atoms with Gasteiger partial charge in [-0.1, -0.05) is 0 Å². The minimum atomic E-state index is -0.294. The van der Waals surface area contributed by atoms with Gasteiger partial charge in [0.15, 0.2) is 5.76 Å².